The lowest BCUT2D eigenvalue weighted by molar-refractivity contribution is -0.0440. The van der Waals surface area contributed by atoms with Crippen LogP contribution in [0.5, 0.6) is 0 Å². The number of halogens is 1. The molecule has 0 N–H and O–H groups in total. The highest BCUT2D eigenvalue weighted by Gasteiger charge is 2.32. The van der Waals surface area contributed by atoms with Crippen molar-refractivity contribution in [3.8, 4) is 0 Å². The monoisotopic (exact) mass is 540 g/mol. The van der Waals surface area contributed by atoms with Gasteiger partial charge in [0.2, 0.25) is 10.0 Å². The van der Waals surface area contributed by atoms with Gasteiger partial charge in [0.05, 0.1) is 34.0 Å². The lowest BCUT2D eigenvalue weighted by Gasteiger charge is -2.34. The van der Waals surface area contributed by atoms with Gasteiger partial charge in [-0.1, -0.05) is 23.5 Å². The molecule has 2 unspecified atom stereocenters. The first-order valence-corrected chi connectivity index (χ1v) is 14.0. The summed E-state index contributed by atoms with van der Waals surface area (Å²) in [5.41, 5.74) is 1.10. The topological polar surface area (TPSA) is 92.7 Å². The Labute approximate surface area is 218 Å². The molecule has 2 aromatic carbocycles. The third kappa shape index (κ3) is 5.26. The van der Waals surface area contributed by atoms with Gasteiger partial charge in [0.25, 0.3) is 5.91 Å². The predicted octanol–water partition coefficient (Wildman–Crippen LogP) is 4.48. The molecule has 8 nitrogen and oxygen atoms in total. The number of benzene rings is 2. The van der Waals surface area contributed by atoms with Crippen LogP contribution in [0.1, 0.15) is 29.9 Å². The van der Waals surface area contributed by atoms with Gasteiger partial charge in [0.1, 0.15) is 11.3 Å². The van der Waals surface area contributed by atoms with Crippen LogP contribution in [0, 0.1) is 5.82 Å². The van der Waals surface area contributed by atoms with Crippen LogP contribution < -0.4 is 4.90 Å². The van der Waals surface area contributed by atoms with Gasteiger partial charge >= 0.3 is 0 Å². The molecular formula is C26H25FN4O4S2. The average molecular weight is 541 g/mol. The van der Waals surface area contributed by atoms with E-state index in [-0.39, 0.29) is 47.8 Å². The van der Waals surface area contributed by atoms with E-state index in [0.29, 0.717) is 15.5 Å². The van der Waals surface area contributed by atoms with Crippen LogP contribution in [0.25, 0.3) is 10.2 Å². The lowest BCUT2D eigenvalue weighted by atomic mass is 10.2. The zero-order valence-electron chi connectivity index (χ0n) is 20.2. The molecule has 192 valence electrons. The number of hydrogen-bond acceptors (Lipinski definition) is 7. The zero-order valence-corrected chi connectivity index (χ0v) is 21.9. The molecule has 11 heteroatoms. The van der Waals surface area contributed by atoms with Crippen LogP contribution in [0.2, 0.25) is 0 Å². The Bertz CT molecular complexity index is 1520. The second-order valence-electron chi connectivity index (χ2n) is 8.90. The minimum absolute atomic E-state index is 0.101. The number of aromatic nitrogens is 2. The van der Waals surface area contributed by atoms with Gasteiger partial charge in [0, 0.05) is 24.8 Å². The molecule has 2 aromatic heterocycles. The second-order valence-corrected chi connectivity index (χ2v) is 11.8. The fourth-order valence-electron chi connectivity index (χ4n) is 4.30. The molecule has 3 heterocycles. The van der Waals surface area contributed by atoms with E-state index >= 15 is 0 Å². The molecule has 5 rings (SSSR count). The first-order chi connectivity index (χ1) is 17.7. The number of rotatable bonds is 6. The van der Waals surface area contributed by atoms with E-state index in [1.165, 1.54) is 50.9 Å². The Kier molecular flexibility index (Phi) is 7.04. The van der Waals surface area contributed by atoms with Gasteiger partial charge in [-0.25, -0.2) is 17.8 Å². The van der Waals surface area contributed by atoms with Crippen molar-refractivity contribution >= 4 is 42.6 Å². The van der Waals surface area contributed by atoms with Crippen molar-refractivity contribution in [1.29, 1.82) is 0 Å². The number of carbonyl (C=O) groups excluding carboxylic acids is 1. The fourth-order valence-corrected chi connectivity index (χ4v) is 6.87. The van der Waals surface area contributed by atoms with E-state index in [1.807, 2.05) is 19.9 Å². The van der Waals surface area contributed by atoms with Gasteiger partial charge in [-0.2, -0.15) is 4.31 Å². The third-order valence-corrected chi connectivity index (χ3v) is 8.90. The maximum absolute atomic E-state index is 14.3. The van der Waals surface area contributed by atoms with Gasteiger partial charge in [-0.15, -0.1) is 0 Å². The van der Waals surface area contributed by atoms with Gasteiger partial charge in [-0.05, 0) is 62.4 Å². The molecule has 37 heavy (non-hydrogen) atoms. The molecule has 0 spiro atoms. The number of thiazole rings is 1. The molecule has 1 aliphatic rings. The number of morpholine rings is 1. The molecule has 1 saturated heterocycles. The summed E-state index contributed by atoms with van der Waals surface area (Å²) in [7, 11) is -3.75. The minimum atomic E-state index is -3.75. The summed E-state index contributed by atoms with van der Waals surface area (Å²) in [5.74, 6) is -0.866. The Morgan fingerprint density at radius 2 is 1.81 bits per heavy atom. The second kappa shape index (κ2) is 10.3. The maximum Gasteiger partial charge on any atom is 0.260 e. The quantitative estimate of drug-likeness (QED) is 0.358. The summed E-state index contributed by atoms with van der Waals surface area (Å²) in [4.78, 5) is 23.9. The van der Waals surface area contributed by atoms with Crippen LogP contribution in [0.15, 0.2) is 71.8 Å². The highest BCUT2D eigenvalue weighted by Crippen LogP contribution is 2.32. The summed E-state index contributed by atoms with van der Waals surface area (Å²) in [6.45, 7) is 4.32. The number of sulfonamides is 1. The van der Waals surface area contributed by atoms with Gasteiger partial charge < -0.3 is 4.74 Å². The predicted molar refractivity (Wildman–Crippen MR) is 140 cm³/mol. The van der Waals surface area contributed by atoms with E-state index in [4.69, 9.17) is 4.74 Å². The van der Waals surface area contributed by atoms with Crippen molar-refractivity contribution in [3.05, 3.63) is 83.9 Å². The molecule has 4 aromatic rings. The van der Waals surface area contributed by atoms with Crippen molar-refractivity contribution < 1.29 is 22.3 Å². The Morgan fingerprint density at radius 1 is 1.08 bits per heavy atom. The zero-order chi connectivity index (χ0) is 26.2. The Morgan fingerprint density at radius 3 is 2.46 bits per heavy atom. The number of amides is 1. The summed E-state index contributed by atoms with van der Waals surface area (Å²) in [6.07, 6.45) is 1.21. The number of hydrogen-bond donors (Lipinski definition) is 0. The molecular weight excluding hydrogens is 515 g/mol. The van der Waals surface area contributed by atoms with E-state index in [9.17, 15) is 17.6 Å². The fraction of sp³-hybridized carbons (Fsp3) is 0.269. The van der Waals surface area contributed by atoms with Crippen molar-refractivity contribution in [2.75, 3.05) is 18.0 Å². The van der Waals surface area contributed by atoms with E-state index < -0.39 is 21.7 Å². The average Bonchev–Trinajstić information content (AvgIpc) is 3.32. The van der Waals surface area contributed by atoms with Crippen molar-refractivity contribution in [1.82, 2.24) is 14.3 Å². The first-order valence-electron chi connectivity index (χ1n) is 11.7. The smallest absolute Gasteiger partial charge is 0.260 e. The normalized spacial score (nSPS) is 18.7. The highest BCUT2D eigenvalue weighted by molar-refractivity contribution is 7.89. The largest absolute Gasteiger partial charge is 0.373 e. The highest BCUT2D eigenvalue weighted by atomic mass is 32.2. The summed E-state index contributed by atoms with van der Waals surface area (Å²) < 4.78 is 48.4. The molecule has 2 atom stereocenters. The first kappa shape index (κ1) is 25.4. The summed E-state index contributed by atoms with van der Waals surface area (Å²) >= 11 is 1.20. The van der Waals surface area contributed by atoms with Crippen molar-refractivity contribution in [3.63, 3.8) is 0 Å². The minimum Gasteiger partial charge on any atom is -0.373 e. The van der Waals surface area contributed by atoms with E-state index in [2.05, 4.69) is 9.97 Å². The Balaban J connectivity index is 1.46. The number of anilines is 1. The van der Waals surface area contributed by atoms with Crippen LogP contribution >= 0.6 is 11.3 Å². The molecule has 0 bridgehead atoms. The molecule has 1 fully saturated rings. The number of pyridine rings is 1. The molecule has 0 radical (unpaired) electrons. The third-order valence-electron chi connectivity index (χ3n) is 6.01. The van der Waals surface area contributed by atoms with Crippen LogP contribution in [0.3, 0.4) is 0 Å². The Hall–Kier alpha value is -3.25. The summed E-state index contributed by atoms with van der Waals surface area (Å²) in [5, 5.41) is 0.323. The number of para-hydroxylation sites is 1. The maximum atomic E-state index is 14.3. The van der Waals surface area contributed by atoms with Crippen molar-refractivity contribution in [2.24, 2.45) is 0 Å². The van der Waals surface area contributed by atoms with E-state index in [0.717, 1.165) is 0 Å². The van der Waals surface area contributed by atoms with Gasteiger partial charge in [0.15, 0.2) is 5.13 Å². The molecule has 1 aliphatic heterocycles. The number of ether oxygens (including phenoxy) is 1. The van der Waals surface area contributed by atoms with Crippen molar-refractivity contribution in [2.45, 2.75) is 37.5 Å². The lowest BCUT2D eigenvalue weighted by Crippen LogP contribution is -2.48. The van der Waals surface area contributed by atoms with Crippen LogP contribution in [-0.4, -0.2) is 53.9 Å². The molecule has 0 aliphatic carbocycles. The molecule has 0 saturated carbocycles. The summed E-state index contributed by atoms with van der Waals surface area (Å²) in [6, 6.07) is 15.9. The van der Waals surface area contributed by atoms with Gasteiger partial charge in [-0.3, -0.25) is 14.7 Å². The number of nitrogens with zero attached hydrogens (tertiary/aromatic N) is 4. The van der Waals surface area contributed by atoms with Crippen LogP contribution in [0.4, 0.5) is 9.52 Å². The number of carbonyl (C=O) groups is 1. The number of fused-ring (bicyclic) bond motifs is 1. The SMILES string of the molecule is CC1CN(S(=O)(=O)c2ccc(C(=O)N(Cc3ccccn3)c3nc4c(F)cccc4s3)cc2)CC(C)O1. The molecule has 1 amide bonds. The standard InChI is InChI=1S/C26H25FN4O4S2/c1-17-14-30(15-18(2)35-17)37(33,34)21-11-9-19(10-12-21)25(32)31(16-20-6-3-4-13-28-20)26-29-24-22(27)7-5-8-23(24)36-26/h3-13,17-18H,14-16H2,1-2H3. The van der Waals surface area contributed by atoms with E-state index in [1.54, 1.807) is 30.5 Å². The van der Waals surface area contributed by atoms with Crippen LogP contribution in [-0.2, 0) is 21.3 Å².